The number of hydrogen-bond donors (Lipinski definition) is 2. The average molecular weight is 468 g/mol. The summed E-state index contributed by atoms with van der Waals surface area (Å²) in [6.07, 6.45) is 0. The molecule has 0 saturated heterocycles. The van der Waals surface area contributed by atoms with E-state index in [1.165, 1.54) is 24.3 Å². The minimum absolute atomic E-state index is 0.00843. The summed E-state index contributed by atoms with van der Waals surface area (Å²) in [5.74, 6) is 0.191. The van der Waals surface area contributed by atoms with Gasteiger partial charge in [0.15, 0.2) is 12.4 Å². The fourth-order valence-corrected chi connectivity index (χ4v) is 4.70. The normalized spacial score (nSPS) is 17.2. The van der Waals surface area contributed by atoms with Crippen molar-refractivity contribution in [2.24, 2.45) is 0 Å². The Morgan fingerprint density at radius 2 is 1.57 bits per heavy atom. The number of ether oxygens (including phenoxy) is 4. The molecule has 7 nitrogen and oxygen atoms in total. The molecular formula is C28H20O7. The second kappa shape index (κ2) is 8.07. The molecule has 7 heteroatoms. The van der Waals surface area contributed by atoms with Crippen molar-refractivity contribution in [3.8, 4) is 28.7 Å². The Labute approximate surface area is 200 Å². The van der Waals surface area contributed by atoms with Crippen molar-refractivity contribution in [1.82, 2.24) is 0 Å². The zero-order valence-electron chi connectivity index (χ0n) is 18.4. The van der Waals surface area contributed by atoms with Gasteiger partial charge in [-0.25, -0.2) is 4.79 Å². The van der Waals surface area contributed by atoms with E-state index in [1.54, 1.807) is 18.2 Å². The van der Waals surface area contributed by atoms with Crippen LogP contribution in [0.15, 0.2) is 84.9 Å². The molecule has 4 aromatic rings. The molecule has 4 aromatic carbocycles. The lowest BCUT2D eigenvalue weighted by Gasteiger charge is -2.37. The third-order valence-corrected chi connectivity index (χ3v) is 6.15. The predicted octanol–water partition coefficient (Wildman–Crippen LogP) is 5.22. The SMILES string of the molecule is O=C1OC2(c3ccc(O)cc3Oc3cc(O)cc(OCOCc4ccccc4)c32)c2ccccc21. The Morgan fingerprint density at radius 1 is 0.800 bits per heavy atom. The molecule has 1 atom stereocenters. The van der Waals surface area contributed by atoms with Gasteiger partial charge in [-0.05, 0) is 23.8 Å². The van der Waals surface area contributed by atoms with Crippen LogP contribution in [0.5, 0.6) is 28.7 Å². The monoisotopic (exact) mass is 468 g/mol. The van der Waals surface area contributed by atoms with Crippen LogP contribution in [0.1, 0.15) is 32.6 Å². The lowest BCUT2D eigenvalue weighted by molar-refractivity contribution is -0.00109. The first-order valence-corrected chi connectivity index (χ1v) is 11.0. The lowest BCUT2D eigenvalue weighted by atomic mass is 9.77. The minimum atomic E-state index is -1.40. The van der Waals surface area contributed by atoms with Crippen molar-refractivity contribution >= 4 is 5.97 Å². The topological polar surface area (TPSA) is 94.5 Å². The molecule has 174 valence electrons. The highest BCUT2D eigenvalue weighted by Crippen LogP contribution is 2.59. The molecule has 2 aliphatic rings. The summed E-state index contributed by atoms with van der Waals surface area (Å²) in [6, 6.07) is 24.2. The highest BCUT2D eigenvalue weighted by molar-refractivity contribution is 5.97. The van der Waals surface area contributed by atoms with E-state index < -0.39 is 11.6 Å². The number of phenols is 2. The van der Waals surface area contributed by atoms with Crippen LogP contribution in [-0.2, 0) is 21.7 Å². The Morgan fingerprint density at radius 3 is 2.43 bits per heavy atom. The maximum Gasteiger partial charge on any atom is 0.340 e. The Kier molecular flexibility index (Phi) is 4.86. The van der Waals surface area contributed by atoms with Gasteiger partial charge in [0.05, 0.1) is 17.7 Å². The molecule has 0 amide bonds. The third kappa shape index (κ3) is 3.36. The van der Waals surface area contributed by atoms with E-state index in [4.69, 9.17) is 18.9 Å². The largest absolute Gasteiger partial charge is 0.508 e. The van der Waals surface area contributed by atoms with Crippen molar-refractivity contribution < 1.29 is 34.0 Å². The molecule has 0 radical (unpaired) electrons. The summed E-state index contributed by atoms with van der Waals surface area (Å²) in [7, 11) is 0. The number of rotatable bonds is 5. The summed E-state index contributed by atoms with van der Waals surface area (Å²) in [4.78, 5) is 13.0. The van der Waals surface area contributed by atoms with Crippen LogP contribution in [0, 0.1) is 0 Å². The second-order valence-corrected chi connectivity index (χ2v) is 8.31. The number of carbonyl (C=O) groups is 1. The molecule has 6 rings (SSSR count). The lowest BCUT2D eigenvalue weighted by Crippen LogP contribution is -2.33. The zero-order chi connectivity index (χ0) is 24.0. The number of aromatic hydroxyl groups is 2. The molecule has 2 N–H and O–H groups in total. The van der Waals surface area contributed by atoms with Crippen LogP contribution in [0.4, 0.5) is 0 Å². The van der Waals surface area contributed by atoms with Gasteiger partial charge in [-0.2, -0.15) is 0 Å². The average Bonchev–Trinajstić information content (AvgIpc) is 3.14. The molecule has 1 spiro atoms. The van der Waals surface area contributed by atoms with Crippen molar-refractivity contribution in [2.75, 3.05) is 6.79 Å². The first-order chi connectivity index (χ1) is 17.1. The maximum absolute atomic E-state index is 13.0. The van der Waals surface area contributed by atoms with Crippen LogP contribution in [0.3, 0.4) is 0 Å². The second-order valence-electron chi connectivity index (χ2n) is 8.31. The van der Waals surface area contributed by atoms with Gasteiger partial charge in [-0.15, -0.1) is 0 Å². The molecular weight excluding hydrogens is 448 g/mol. The smallest absolute Gasteiger partial charge is 0.340 e. The summed E-state index contributed by atoms with van der Waals surface area (Å²) in [5, 5.41) is 20.5. The highest BCUT2D eigenvalue weighted by Gasteiger charge is 2.55. The molecule has 1 unspecified atom stereocenters. The number of phenolic OH excluding ortho intramolecular Hbond substituents is 2. The van der Waals surface area contributed by atoms with Gasteiger partial charge < -0.3 is 29.2 Å². The minimum Gasteiger partial charge on any atom is -0.508 e. The first-order valence-electron chi connectivity index (χ1n) is 11.0. The number of fused-ring (bicyclic) bond motifs is 6. The van der Waals surface area contributed by atoms with Crippen LogP contribution >= 0.6 is 0 Å². The maximum atomic E-state index is 13.0. The van der Waals surface area contributed by atoms with Gasteiger partial charge in [0.2, 0.25) is 0 Å². The van der Waals surface area contributed by atoms with Gasteiger partial charge >= 0.3 is 5.97 Å². The summed E-state index contributed by atoms with van der Waals surface area (Å²) >= 11 is 0. The molecule has 0 aliphatic carbocycles. The van der Waals surface area contributed by atoms with E-state index in [1.807, 2.05) is 42.5 Å². The van der Waals surface area contributed by atoms with Gasteiger partial charge in [-0.3, -0.25) is 0 Å². The van der Waals surface area contributed by atoms with E-state index in [0.717, 1.165) is 5.56 Å². The Hall–Kier alpha value is -4.49. The molecule has 35 heavy (non-hydrogen) atoms. The van der Waals surface area contributed by atoms with Gasteiger partial charge in [-0.1, -0.05) is 48.5 Å². The molecule has 2 aliphatic heterocycles. The van der Waals surface area contributed by atoms with Crippen molar-refractivity contribution in [2.45, 2.75) is 12.2 Å². The molecule has 0 fully saturated rings. The summed E-state index contributed by atoms with van der Waals surface area (Å²) in [5.41, 5.74) is 1.58. The van der Waals surface area contributed by atoms with Crippen LogP contribution in [0.2, 0.25) is 0 Å². The number of hydrogen-bond acceptors (Lipinski definition) is 7. The molecule has 0 bridgehead atoms. The summed E-state index contributed by atoms with van der Waals surface area (Å²) in [6.45, 7) is 0.225. The van der Waals surface area contributed by atoms with Crippen LogP contribution in [0.25, 0.3) is 0 Å². The first kappa shape index (κ1) is 21.1. The summed E-state index contributed by atoms with van der Waals surface area (Å²) < 4.78 is 23.8. The van der Waals surface area contributed by atoms with Gasteiger partial charge in [0.25, 0.3) is 0 Å². The van der Waals surface area contributed by atoms with Crippen LogP contribution in [-0.4, -0.2) is 23.0 Å². The fraction of sp³-hybridized carbons (Fsp3) is 0.107. The van der Waals surface area contributed by atoms with Crippen LogP contribution < -0.4 is 9.47 Å². The van der Waals surface area contributed by atoms with E-state index in [9.17, 15) is 15.0 Å². The zero-order valence-corrected chi connectivity index (χ0v) is 18.4. The fourth-order valence-electron chi connectivity index (χ4n) is 4.70. The predicted molar refractivity (Wildman–Crippen MR) is 125 cm³/mol. The van der Waals surface area contributed by atoms with Crippen molar-refractivity contribution in [3.05, 3.63) is 113 Å². The number of esters is 1. The Balaban J connectivity index is 1.46. The molecule has 2 heterocycles. The van der Waals surface area contributed by atoms with E-state index in [-0.39, 0.29) is 29.8 Å². The Bertz CT molecular complexity index is 1450. The molecule has 0 aromatic heterocycles. The van der Waals surface area contributed by atoms with Crippen molar-refractivity contribution in [1.29, 1.82) is 0 Å². The standard InChI is InChI=1S/C28H20O7/c29-18-10-11-22-23(12-18)34-25-14-19(30)13-24(33-16-32-15-17-6-2-1-3-7-17)26(25)28(22)21-9-5-4-8-20(21)27(31)35-28/h1-14,29-30H,15-16H2. The highest BCUT2D eigenvalue weighted by atomic mass is 16.7. The third-order valence-electron chi connectivity index (χ3n) is 6.15. The number of benzene rings is 4. The van der Waals surface area contributed by atoms with E-state index in [0.29, 0.717) is 34.6 Å². The van der Waals surface area contributed by atoms with E-state index in [2.05, 4.69) is 0 Å². The van der Waals surface area contributed by atoms with Crippen molar-refractivity contribution in [3.63, 3.8) is 0 Å². The van der Waals surface area contributed by atoms with Gasteiger partial charge in [0.1, 0.15) is 28.7 Å². The quantitative estimate of drug-likeness (QED) is 0.236. The van der Waals surface area contributed by atoms with E-state index >= 15 is 0 Å². The number of carbonyl (C=O) groups excluding carboxylic acids is 1. The molecule has 0 saturated carbocycles. The van der Waals surface area contributed by atoms with Gasteiger partial charge in [0, 0.05) is 29.3 Å².